The van der Waals surface area contributed by atoms with Crippen LogP contribution in [0.25, 0.3) is 0 Å². The number of ether oxygens (including phenoxy) is 1. The van der Waals surface area contributed by atoms with Crippen LogP contribution in [0.3, 0.4) is 0 Å². The minimum atomic E-state index is -0.903. The summed E-state index contributed by atoms with van der Waals surface area (Å²) in [5.74, 6) is -0.522. The number of carbonyl (C=O) groups excluding carboxylic acids is 1. The number of benzene rings is 3. The number of piperazine rings is 1. The van der Waals surface area contributed by atoms with Crippen molar-refractivity contribution in [3.63, 3.8) is 0 Å². The van der Waals surface area contributed by atoms with E-state index in [0.717, 1.165) is 29.8 Å². The molecule has 1 aliphatic rings. The zero-order chi connectivity index (χ0) is 28.7. The van der Waals surface area contributed by atoms with E-state index in [1.54, 1.807) is 0 Å². The SMILES string of the molecule is CN1CCN(C(=O)C(CCOC(c2ccccc2)(c2ccccc2)c2ccccc2)Cn2ccc(=O)[nH]c2=O)CC1. The summed E-state index contributed by atoms with van der Waals surface area (Å²) in [7, 11) is 2.04. The Bertz CT molecular complexity index is 1430. The number of H-pyrrole nitrogens is 1. The lowest BCUT2D eigenvalue weighted by atomic mass is 9.80. The Kier molecular flexibility index (Phi) is 8.91. The number of nitrogens with zero attached hydrogens (tertiary/aromatic N) is 3. The standard InChI is InChI=1S/C33H36N4O4/c1-35-20-22-36(23-21-35)31(39)26(25-37-19-17-30(38)34-32(37)40)18-24-41-33(27-11-5-2-6-12-27,28-13-7-3-8-14-28)29-15-9-4-10-16-29/h2-17,19,26H,18,20-25H2,1H3,(H,34,38,40). The summed E-state index contributed by atoms with van der Waals surface area (Å²) in [6, 6.07) is 31.6. The fourth-order valence-corrected chi connectivity index (χ4v) is 5.53. The Labute approximate surface area is 239 Å². The van der Waals surface area contributed by atoms with Gasteiger partial charge >= 0.3 is 5.69 Å². The van der Waals surface area contributed by atoms with Crippen molar-refractivity contribution in [2.75, 3.05) is 39.8 Å². The summed E-state index contributed by atoms with van der Waals surface area (Å²) in [6.07, 6.45) is 1.85. The highest BCUT2D eigenvalue weighted by Crippen LogP contribution is 2.40. The summed E-state index contributed by atoms with van der Waals surface area (Å²) in [5.41, 5.74) is 1.06. The smallest absolute Gasteiger partial charge is 0.328 e. The Morgan fingerprint density at radius 3 is 1.80 bits per heavy atom. The van der Waals surface area contributed by atoms with Gasteiger partial charge in [0.05, 0.1) is 5.92 Å². The molecule has 8 heteroatoms. The Morgan fingerprint density at radius 2 is 1.32 bits per heavy atom. The van der Waals surface area contributed by atoms with Gasteiger partial charge in [-0.1, -0.05) is 91.0 Å². The van der Waals surface area contributed by atoms with Crippen molar-refractivity contribution in [1.29, 1.82) is 0 Å². The molecule has 0 aliphatic carbocycles. The summed E-state index contributed by atoms with van der Waals surface area (Å²) in [4.78, 5) is 44.4. The van der Waals surface area contributed by atoms with E-state index in [0.29, 0.717) is 19.5 Å². The lowest BCUT2D eigenvalue weighted by molar-refractivity contribution is -0.138. The molecule has 2 heterocycles. The van der Waals surface area contributed by atoms with E-state index in [1.807, 2.05) is 66.5 Å². The highest BCUT2D eigenvalue weighted by molar-refractivity contribution is 5.79. The van der Waals surface area contributed by atoms with Gasteiger partial charge in [0.1, 0.15) is 5.60 Å². The van der Waals surface area contributed by atoms with E-state index in [9.17, 15) is 14.4 Å². The largest absolute Gasteiger partial charge is 0.361 e. The average Bonchev–Trinajstić information content (AvgIpc) is 3.01. The first-order valence-corrected chi connectivity index (χ1v) is 14.0. The Hall–Kier alpha value is -4.27. The minimum absolute atomic E-state index is 0.00969. The molecule has 3 aromatic carbocycles. The molecule has 0 radical (unpaired) electrons. The zero-order valence-corrected chi connectivity index (χ0v) is 23.3. The van der Waals surface area contributed by atoms with Crippen molar-refractivity contribution < 1.29 is 9.53 Å². The second-order valence-electron chi connectivity index (χ2n) is 10.5. The third-order valence-corrected chi connectivity index (χ3v) is 7.80. The maximum absolute atomic E-state index is 13.8. The molecule has 1 fully saturated rings. The molecule has 1 N–H and O–H groups in total. The van der Waals surface area contributed by atoms with Crippen molar-refractivity contribution in [2.45, 2.75) is 18.6 Å². The van der Waals surface area contributed by atoms with E-state index >= 15 is 0 Å². The first-order chi connectivity index (χ1) is 20.0. The van der Waals surface area contributed by atoms with Crippen molar-refractivity contribution in [2.24, 2.45) is 5.92 Å². The van der Waals surface area contributed by atoms with Crippen LogP contribution in [0, 0.1) is 5.92 Å². The van der Waals surface area contributed by atoms with Crippen LogP contribution < -0.4 is 11.2 Å². The Balaban J connectivity index is 1.48. The number of hydrogen-bond acceptors (Lipinski definition) is 5. The van der Waals surface area contributed by atoms with Crippen LogP contribution in [0.2, 0.25) is 0 Å². The maximum Gasteiger partial charge on any atom is 0.328 e. The number of amides is 1. The number of aromatic nitrogens is 2. The van der Waals surface area contributed by atoms with E-state index in [4.69, 9.17) is 4.74 Å². The van der Waals surface area contributed by atoms with Gasteiger partial charge in [-0.2, -0.15) is 0 Å². The van der Waals surface area contributed by atoms with Gasteiger partial charge in [-0.05, 0) is 30.2 Å². The summed E-state index contributed by atoms with van der Waals surface area (Å²) in [6.45, 7) is 3.28. The molecule has 41 heavy (non-hydrogen) atoms. The van der Waals surface area contributed by atoms with E-state index in [1.165, 1.54) is 16.8 Å². The van der Waals surface area contributed by atoms with Gasteiger partial charge in [0.2, 0.25) is 5.91 Å². The van der Waals surface area contributed by atoms with Gasteiger partial charge in [-0.3, -0.25) is 19.1 Å². The van der Waals surface area contributed by atoms with Crippen LogP contribution in [0.1, 0.15) is 23.1 Å². The third-order valence-electron chi connectivity index (χ3n) is 7.80. The molecule has 0 saturated carbocycles. The highest BCUT2D eigenvalue weighted by Gasteiger charge is 2.38. The molecule has 8 nitrogen and oxygen atoms in total. The molecule has 5 rings (SSSR count). The van der Waals surface area contributed by atoms with Crippen molar-refractivity contribution in [3.05, 3.63) is 141 Å². The van der Waals surface area contributed by atoms with Crippen molar-refractivity contribution in [3.8, 4) is 0 Å². The lowest BCUT2D eigenvalue weighted by Gasteiger charge is -2.37. The van der Waals surface area contributed by atoms with E-state index in [2.05, 4.69) is 46.3 Å². The van der Waals surface area contributed by atoms with Crippen molar-refractivity contribution in [1.82, 2.24) is 19.4 Å². The molecule has 4 aromatic rings. The second kappa shape index (κ2) is 12.9. The second-order valence-corrected chi connectivity index (χ2v) is 10.5. The first kappa shape index (κ1) is 28.3. The molecule has 212 valence electrons. The molecule has 1 amide bonds. The van der Waals surface area contributed by atoms with Crippen LogP contribution in [-0.4, -0.2) is 65.1 Å². The van der Waals surface area contributed by atoms with Crippen molar-refractivity contribution >= 4 is 5.91 Å². The predicted molar refractivity (Wildman–Crippen MR) is 159 cm³/mol. The molecule has 0 bridgehead atoms. The van der Waals surface area contributed by atoms with Gasteiger partial charge in [0.25, 0.3) is 5.56 Å². The first-order valence-electron chi connectivity index (χ1n) is 14.0. The summed E-state index contributed by atoms with van der Waals surface area (Å²) < 4.78 is 8.34. The zero-order valence-electron chi connectivity index (χ0n) is 23.3. The average molecular weight is 553 g/mol. The maximum atomic E-state index is 13.8. The van der Waals surface area contributed by atoms with Crippen LogP contribution in [-0.2, 0) is 21.7 Å². The molecule has 1 unspecified atom stereocenters. The number of likely N-dealkylation sites (N-methyl/N-ethyl adjacent to an activating group) is 1. The molecule has 1 saturated heterocycles. The number of rotatable bonds is 10. The molecule has 1 atom stereocenters. The predicted octanol–water partition coefficient (Wildman–Crippen LogP) is 3.33. The van der Waals surface area contributed by atoms with Gasteiger partial charge in [0, 0.05) is 51.6 Å². The fraction of sp³-hybridized carbons (Fsp3) is 0.303. The molecule has 1 aliphatic heterocycles. The van der Waals surface area contributed by atoms with Gasteiger partial charge < -0.3 is 14.5 Å². The highest BCUT2D eigenvalue weighted by atomic mass is 16.5. The minimum Gasteiger partial charge on any atom is -0.361 e. The normalized spacial score (nSPS) is 15.0. The molecular formula is C33H36N4O4. The summed E-state index contributed by atoms with van der Waals surface area (Å²) in [5, 5.41) is 0. The quantitative estimate of drug-likeness (QED) is 0.305. The van der Waals surface area contributed by atoms with E-state index < -0.39 is 22.8 Å². The fourth-order valence-electron chi connectivity index (χ4n) is 5.53. The number of hydrogen-bond donors (Lipinski definition) is 1. The lowest BCUT2D eigenvalue weighted by Crippen LogP contribution is -2.50. The van der Waals surface area contributed by atoms with Gasteiger partial charge in [0.15, 0.2) is 0 Å². The summed E-state index contributed by atoms with van der Waals surface area (Å²) >= 11 is 0. The van der Waals surface area contributed by atoms with Crippen LogP contribution in [0.15, 0.2) is 113 Å². The van der Waals surface area contributed by atoms with Crippen LogP contribution in [0.4, 0.5) is 0 Å². The Morgan fingerprint density at radius 1 is 0.805 bits per heavy atom. The number of aromatic amines is 1. The van der Waals surface area contributed by atoms with Crippen LogP contribution >= 0.6 is 0 Å². The van der Waals surface area contributed by atoms with Gasteiger partial charge in [-0.15, -0.1) is 0 Å². The number of carbonyl (C=O) groups is 1. The van der Waals surface area contributed by atoms with Gasteiger partial charge in [-0.25, -0.2) is 4.79 Å². The monoisotopic (exact) mass is 552 g/mol. The molecular weight excluding hydrogens is 516 g/mol. The van der Waals surface area contributed by atoms with E-state index in [-0.39, 0.29) is 19.1 Å². The topological polar surface area (TPSA) is 87.6 Å². The van der Waals surface area contributed by atoms with Crippen LogP contribution in [0.5, 0.6) is 0 Å². The third kappa shape index (κ3) is 6.39. The molecule has 1 aromatic heterocycles. The molecule has 0 spiro atoms. The number of nitrogens with one attached hydrogen (secondary N) is 1.